The molecule has 33 heavy (non-hydrogen) atoms. The molecule has 1 aromatic heterocycles. The molecule has 0 amide bonds. The highest BCUT2D eigenvalue weighted by Gasteiger charge is 2.22. The zero-order valence-electron chi connectivity index (χ0n) is 18.1. The minimum Gasteiger partial charge on any atom is -0.455 e. The van der Waals surface area contributed by atoms with Gasteiger partial charge in [0.05, 0.1) is 16.1 Å². The van der Waals surface area contributed by atoms with Crippen LogP contribution in [-0.4, -0.2) is 26.4 Å². The molecule has 0 aliphatic rings. The molecule has 0 bridgehead atoms. The Morgan fingerprint density at radius 3 is 2.18 bits per heavy atom. The van der Waals surface area contributed by atoms with Crippen LogP contribution in [0.3, 0.4) is 0 Å². The number of hydrogen-bond donors (Lipinski definition) is 0. The Hall–Kier alpha value is -3.91. The van der Waals surface area contributed by atoms with Crippen LogP contribution in [0.4, 0.5) is 5.69 Å². The fraction of sp³-hybridized carbons (Fsp3) is 0.120. The molecule has 1 heterocycles. The van der Waals surface area contributed by atoms with Crippen molar-refractivity contribution in [2.45, 2.75) is 18.4 Å². The van der Waals surface area contributed by atoms with E-state index in [2.05, 4.69) is 4.98 Å². The normalized spacial score (nSPS) is 11.2. The summed E-state index contributed by atoms with van der Waals surface area (Å²) in [6.45, 7) is 1.70. The lowest BCUT2D eigenvalue weighted by molar-refractivity contribution is 0.0467. The highest BCUT2D eigenvalue weighted by molar-refractivity contribution is 7.92. The van der Waals surface area contributed by atoms with Gasteiger partial charge in [-0.15, -0.1) is 0 Å². The van der Waals surface area contributed by atoms with Crippen molar-refractivity contribution >= 4 is 21.7 Å². The number of rotatable bonds is 7. The third-order valence-corrected chi connectivity index (χ3v) is 6.92. The van der Waals surface area contributed by atoms with E-state index in [0.29, 0.717) is 23.0 Å². The number of carbonyl (C=O) groups excluding carboxylic acids is 1. The topological polar surface area (TPSA) is 89.7 Å². The van der Waals surface area contributed by atoms with E-state index in [1.165, 1.54) is 35.6 Å². The van der Waals surface area contributed by atoms with E-state index >= 15 is 0 Å². The van der Waals surface area contributed by atoms with Crippen LogP contribution < -0.4 is 4.31 Å². The minimum atomic E-state index is -3.76. The molecule has 8 heteroatoms. The lowest BCUT2D eigenvalue weighted by Crippen LogP contribution is -2.26. The molecule has 0 N–H and O–H groups in total. The van der Waals surface area contributed by atoms with Gasteiger partial charge in [0.25, 0.3) is 10.0 Å². The van der Waals surface area contributed by atoms with Crippen LogP contribution in [0.5, 0.6) is 0 Å². The lowest BCUT2D eigenvalue weighted by Gasteiger charge is -2.19. The van der Waals surface area contributed by atoms with Crippen molar-refractivity contribution in [1.29, 1.82) is 0 Å². The third kappa shape index (κ3) is 4.80. The predicted octanol–water partition coefficient (Wildman–Crippen LogP) is 4.83. The molecular weight excluding hydrogens is 440 g/mol. The molecule has 3 aromatic carbocycles. The summed E-state index contributed by atoms with van der Waals surface area (Å²) in [4.78, 5) is 17.0. The molecule has 0 radical (unpaired) electrons. The predicted molar refractivity (Wildman–Crippen MR) is 124 cm³/mol. The third-order valence-electron chi connectivity index (χ3n) is 5.12. The Morgan fingerprint density at radius 2 is 1.55 bits per heavy atom. The molecule has 0 unspecified atom stereocenters. The van der Waals surface area contributed by atoms with Gasteiger partial charge in [-0.2, -0.15) is 0 Å². The molecule has 0 spiro atoms. The van der Waals surface area contributed by atoms with Gasteiger partial charge in [-0.1, -0.05) is 36.4 Å². The summed E-state index contributed by atoms with van der Waals surface area (Å²) in [6.07, 6.45) is 0. The maximum atomic E-state index is 12.9. The quantitative estimate of drug-likeness (QED) is 0.365. The number of carbonyl (C=O) groups is 1. The molecule has 4 aromatic rings. The first-order valence-corrected chi connectivity index (χ1v) is 11.6. The second-order valence-electron chi connectivity index (χ2n) is 7.30. The minimum absolute atomic E-state index is 0.0577. The summed E-state index contributed by atoms with van der Waals surface area (Å²) in [5.41, 5.74) is 2.13. The molecule has 168 valence electrons. The second kappa shape index (κ2) is 9.30. The number of nitrogens with zero attached hydrogens (tertiary/aromatic N) is 2. The first-order chi connectivity index (χ1) is 15.9. The van der Waals surface area contributed by atoms with E-state index in [4.69, 9.17) is 9.15 Å². The van der Waals surface area contributed by atoms with Crippen LogP contribution in [0.2, 0.25) is 0 Å². The summed E-state index contributed by atoms with van der Waals surface area (Å²) in [5.74, 6) is 0.433. The zero-order valence-corrected chi connectivity index (χ0v) is 19.0. The number of esters is 1. The molecule has 0 fully saturated rings. The number of aromatic nitrogens is 1. The van der Waals surface area contributed by atoms with Crippen molar-refractivity contribution in [3.63, 3.8) is 0 Å². The number of para-hydroxylation sites is 1. The summed E-state index contributed by atoms with van der Waals surface area (Å²) >= 11 is 0. The molecule has 0 aliphatic carbocycles. The number of anilines is 1. The summed E-state index contributed by atoms with van der Waals surface area (Å²) in [7, 11) is -2.28. The van der Waals surface area contributed by atoms with Gasteiger partial charge in [0.1, 0.15) is 18.1 Å². The van der Waals surface area contributed by atoms with Crippen molar-refractivity contribution in [1.82, 2.24) is 4.98 Å². The van der Waals surface area contributed by atoms with Gasteiger partial charge in [-0.3, -0.25) is 4.31 Å². The highest BCUT2D eigenvalue weighted by atomic mass is 32.2. The second-order valence-corrected chi connectivity index (χ2v) is 9.27. The van der Waals surface area contributed by atoms with Crippen molar-refractivity contribution < 1.29 is 22.4 Å². The summed E-state index contributed by atoms with van der Waals surface area (Å²) in [5, 5.41) is 0. The highest BCUT2D eigenvalue weighted by Crippen LogP contribution is 2.23. The first kappa shape index (κ1) is 22.3. The van der Waals surface area contributed by atoms with E-state index in [1.807, 2.05) is 36.4 Å². The van der Waals surface area contributed by atoms with Crippen LogP contribution in [0.1, 0.15) is 21.8 Å². The van der Waals surface area contributed by atoms with Gasteiger partial charge in [0, 0.05) is 12.6 Å². The Balaban J connectivity index is 1.43. The Labute approximate surface area is 192 Å². The van der Waals surface area contributed by atoms with Crippen molar-refractivity contribution in [2.75, 3.05) is 11.4 Å². The van der Waals surface area contributed by atoms with Crippen LogP contribution in [0.15, 0.2) is 94.2 Å². The summed E-state index contributed by atoms with van der Waals surface area (Å²) in [6, 6.07) is 23.8. The standard InChI is InChI=1S/C25H22N2O5S/c1-18-23(26-24(32-18)19-9-5-3-6-10-19)17-31-25(28)20-13-15-22(16-14-20)33(29,30)27(2)21-11-7-4-8-12-21/h3-16H,17H2,1-2H3. The van der Waals surface area contributed by atoms with Crippen LogP contribution in [0, 0.1) is 6.92 Å². The Morgan fingerprint density at radius 1 is 0.939 bits per heavy atom. The molecule has 0 saturated heterocycles. The average molecular weight is 463 g/mol. The maximum Gasteiger partial charge on any atom is 0.338 e. The molecule has 0 aliphatic heterocycles. The van der Waals surface area contributed by atoms with Crippen molar-refractivity contribution in [2.24, 2.45) is 0 Å². The first-order valence-electron chi connectivity index (χ1n) is 10.2. The van der Waals surface area contributed by atoms with Crippen LogP contribution >= 0.6 is 0 Å². The van der Waals surface area contributed by atoms with Gasteiger partial charge in [0.2, 0.25) is 5.89 Å². The van der Waals surface area contributed by atoms with Crippen LogP contribution in [0.25, 0.3) is 11.5 Å². The molecule has 7 nitrogen and oxygen atoms in total. The van der Waals surface area contributed by atoms with E-state index in [0.717, 1.165) is 5.56 Å². The Bertz CT molecular complexity index is 1350. The lowest BCUT2D eigenvalue weighted by atomic mass is 10.2. The van der Waals surface area contributed by atoms with Gasteiger partial charge < -0.3 is 9.15 Å². The number of aryl methyl sites for hydroxylation is 1. The molecule has 0 atom stereocenters. The molecule has 0 saturated carbocycles. The monoisotopic (exact) mass is 462 g/mol. The van der Waals surface area contributed by atoms with E-state index in [9.17, 15) is 13.2 Å². The molecule has 4 rings (SSSR count). The van der Waals surface area contributed by atoms with E-state index < -0.39 is 16.0 Å². The largest absolute Gasteiger partial charge is 0.455 e. The number of benzene rings is 3. The van der Waals surface area contributed by atoms with Gasteiger partial charge >= 0.3 is 5.97 Å². The van der Waals surface area contributed by atoms with Gasteiger partial charge in [-0.25, -0.2) is 18.2 Å². The fourth-order valence-corrected chi connectivity index (χ4v) is 4.38. The number of sulfonamides is 1. The summed E-state index contributed by atoms with van der Waals surface area (Å²) < 4.78 is 38.0. The molecular formula is C25H22N2O5S. The SMILES string of the molecule is Cc1oc(-c2ccccc2)nc1COC(=O)c1ccc(S(=O)(=O)N(C)c2ccccc2)cc1. The van der Waals surface area contributed by atoms with Crippen molar-refractivity contribution in [3.8, 4) is 11.5 Å². The average Bonchev–Trinajstić information content (AvgIpc) is 3.23. The Kier molecular flexibility index (Phi) is 6.28. The number of ether oxygens (including phenoxy) is 1. The number of hydrogen-bond acceptors (Lipinski definition) is 6. The van der Waals surface area contributed by atoms with Crippen molar-refractivity contribution in [3.05, 3.63) is 102 Å². The number of oxazole rings is 1. The van der Waals surface area contributed by atoms with E-state index in [-0.39, 0.29) is 17.1 Å². The maximum absolute atomic E-state index is 12.9. The van der Waals surface area contributed by atoms with E-state index in [1.54, 1.807) is 31.2 Å². The van der Waals surface area contributed by atoms with Crippen LogP contribution in [-0.2, 0) is 21.4 Å². The zero-order chi connectivity index (χ0) is 23.4. The van der Waals surface area contributed by atoms with Gasteiger partial charge in [0.15, 0.2) is 0 Å². The smallest absolute Gasteiger partial charge is 0.338 e. The van der Waals surface area contributed by atoms with Gasteiger partial charge in [-0.05, 0) is 55.5 Å². The fourth-order valence-electron chi connectivity index (χ4n) is 3.18.